The number of rotatable bonds is 9. The molecule has 3 unspecified atom stereocenters. The second-order valence-electron chi connectivity index (χ2n) is 9.79. The molecule has 2 aliphatic rings. The van der Waals surface area contributed by atoms with E-state index < -0.39 is 19.2 Å². The fourth-order valence-electron chi connectivity index (χ4n) is 4.91. The normalized spacial score (nSPS) is 19.4. The van der Waals surface area contributed by atoms with E-state index >= 15 is 0 Å². The molecule has 3 N–H and O–H groups in total. The second kappa shape index (κ2) is 12.7. The van der Waals surface area contributed by atoms with Crippen molar-refractivity contribution in [1.29, 1.82) is 5.26 Å². The van der Waals surface area contributed by atoms with Crippen LogP contribution < -0.4 is 5.32 Å². The summed E-state index contributed by atoms with van der Waals surface area (Å²) in [7, 11) is -1.74. The van der Waals surface area contributed by atoms with Crippen LogP contribution in [0.4, 0.5) is 4.79 Å². The van der Waals surface area contributed by atoms with Gasteiger partial charge >= 0.3 is 13.2 Å². The van der Waals surface area contributed by atoms with Crippen LogP contribution in [0.5, 0.6) is 0 Å². The second-order valence-corrected chi connectivity index (χ2v) is 9.79. The Balaban J connectivity index is 1.31. The average molecular weight is 517 g/mol. The molecule has 3 atom stereocenters. The molecule has 0 saturated carbocycles. The molecule has 2 fully saturated rings. The van der Waals surface area contributed by atoms with Gasteiger partial charge in [0.25, 0.3) is 5.91 Å². The van der Waals surface area contributed by atoms with Crippen molar-refractivity contribution in [1.82, 2.24) is 10.2 Å². The summed E-state index contributed by atoms with van der Waals surface area (Å²) in [6.07, 6.45) is 3.27. The Hall–Kier alpha value is -3.65. The highest BCUT2D eigenvalue weighted by molar-refractivity contribution is 6.43. The molecule has 2 aliphatic heterocycles. The van der Waals surface area contributed by atoms with Gasteiger partial charge in [0, 0.05) is 6.42 Å². The van der Waals surface area contributed by atoms with E-state index in [1.54, 1.807) is 11.0 Å². The molecule has 0 aliphatic carbocycles. The molecule has 2 heterocycles. The zero-order chi connectivity index (χ0) is 27.1. The summed E-state index contributed by atoms with van der Waals surface area (Å²) in [5, 5.41) is 31.5. The van der Waals surface area contributed by atoms with Crippen molar-refractivity contribution in [2.75, 3.05) is 19.8 Å². The maximum absolute atomic E-state index is 13.1. The number of amides is 2. The first-order valence-corrected chi connectivity index (χ1v) is 12.8. The maximum Gasteiger partial charge on any atom is 0.475 e. The summed E-state index contributed by atoms with van der Waals surface area (Å²) in [6.45, 7) is 3.04. The smallest absolute Gasteiger partial charge is 0.449 e. The Morgan fingerprint density at radius 2 is 1.89 bits per heavy atom. The Bertz CT molecular complexity index is 1190. The summed E-state index contributed by atoms with van der Waals surface area (Å²) < 4.78 is 10.8. The van der Waals surface area contributed by atoms with E-state index in [1.165, 1.54) is 0 Å². The third-order valence-corrected chi connectivity index (χ3v) is 6.95. The first kappa shape index (κ1) is 27.4. The summed E-state index contributed by atoms with van der Waals surface area (Å²) in [6, 6.07) is 17.0. The van der Waals surface area contributed by atoms with Crippen LogP contribution in [-0.4, -0.2) is 71.9 Å². The van der Waals surface area contributed by atoms with Gasteiger partial charge < -0.3 is 29.7 Å². The zero-order valence-corrected chi connectivity index (χ0v) is 21.4. The fraction of sp³-hybridized carbons (Fsp3) is 0.393. The van der Waals surface area contributed by atoms with Crippen molar-refractivity contribution in [3.05, 3.63) is 76.4 Å². The highest BCUT2D eigenvalue weighted by atomic mass is 16.5. The van der Waals surface area contributed by atoms with Gasteiger partial charge in [-0.15, -0.1) is 0 Å². The lowest BCUT2D eigenvalue weighted by molar-refractivity contribution is -0.136. The average Bonchev–Trinajstić information content (AvgIpc) is 3.15. The molecule has 9 nitrogen and oxygen atoms in total. The number of morpholine rings is 1. The predicted octanol–water partition coefficient (Wildman–Crippen LogP) is 2.18. The summed E-state index contributed by atoms with van der Waals surface area (Å²) in [5.74, 6) is -1.18. The number of fused-ring (bicyclic) bond motifs is 2. The monoisotopic (exact) mass is 517 g/mol. The van der Waals surface area contributed by atoms with Gasteiger partial charge in [0.15, 0.2) is 0 Å². The van der Waals surface area contributed by atoms with Gasteiger partial charge in [0.05, 0.1) is 37.8 Å². The molecule has 0 spiro atoms. The molecule has 2 aromatic rings. The van der Waals surface area contributed by atoms with Crippen LogP contribution in [0.1, 0.15) is 35.1 Å². The number of nitriles is 1. The van der Waals surface area contributed by atoms with Crippen LogP contribution in [0.15, 0.2) is 54.1 Å². The van der Waals surface area contributed by atoms with Gasteiger partial charge in [0.2, 0.25) is 0 Å². The predicted molar refractivity (Wildman–Crippen MR) is 142 cm³/mol. The van der Waals surface area contributed by atoms with Crippen LogP contribution in [0.2, 0.25) is 0 Å². The number of aryl methyl sites for hydroxylation is 1. The maximum atomic E-state index is 13.1. The summed E-state index contributed by atoms with van der Waals surface area (Å²) in [4.78, 5) is 27.1. The molecule has 4 rings (SSSR count). The molecular weight excluding hydrogens is 485 g/mol. The lowest BCUT2D eigenvalue weighted by Crippen LogP contribution is -2.49. The highest BCUT2D eigenvalue weighted by Gasteiger charge is 2.41. The molecular formula is C28H32BN3O6. The van der Waals surface area contributed by atoms with Gasteiger partial charge in [-0.1, -0.05) is 54.1 Å². The first-order valence-electron chi connectivity index (χ1n) is 12.8. The van der Waals surface area contributed by atoms with Gasteiger partial charge in [-0.25, -0.2) is 4.79 Å². The number of hydrogen-bond acceptors (Lipinski definition) is 7. The topological polar surface area (TPSA) is 132 Å². The van der Waals surface area contributed by atoms with E-state index in [4.69, 9.17) is 9.47 Å². The lowest BCUT2D eigenvalue weighted by Gasteiger charge is -2.34. The molecule has 2 aromatic carbocycles. The van der Waals surface area contributed by atoms with Crippen LogP contribution in [-0.2, 0) is 27.1 Å². The minimum absolute atomic E-state index is 0.0241. The SMILES string of the molecule is Cc1ccc(CC(NC(=O)OCCc2cccc(C=C(C#N)C(=O)N3C4CCC3COC4)c2)B(O)O)cc1. The first-order chi connectivity index (χ1) is 18.3. The van der Waals surface area contributed by atoms with E-state index in [9.17, 15) is 24.9 Å². The standard InChI is InChI=1S/C28H32BN3O6/c1-19-5-7-21(8-6-19)15-26(29(35)36)31-28(34)38-12-11-20-3-2-4-22(13-20)14-23(16-30)27(33)32-24-9-10-25(32)18-37-17-24/h2-8,13-14,24-26,35-36H,9-12,15,17-18H2,1H3,(H,31,34). The van der Waals surface area contributed by atoms with E-state index in [0.29, 0.717) is 25.2 Å². The molecule has 2 saturated heterocycles. The molecule has 198 valence electrons. The minimum Gasteiger partial charge on any atom is -0.449 e. The number of benzene rings is 2. The lowest BCUT2D eigenvalue weighted by atomic mass is 9.76. The summed E-state index contributed by atoms with van der Waals surface area (Å²) >= 11 is 0. The number of hydrogen-bond donors (Lipinski definition) is 3. The molecule has 2 amide bonds. The zero-order valence-electron chi connectivity index (χ0n) is 21.4. The number of ether oxygens (including phenoxy) is 2. The highest BCUT2D eigenvalue weighted by Crippen LogP contribution is 2.30. The number of alkyl carbamates (subject to hydrolysis) is 1. The third kappa shape index (κ3) is 7.01. The van der Waals surface area contributed by atoms with Gasteiger partial charge in [-0.3, -0.25) is 4.79 Å². The van der Waals surface area contributed by atoms with Crippen molar-refractivity contribution in [3.8, 4) is 6.07 Å². The molecule has 2 bridgehead atoms. The van der Waals surface area contributed by atoms with Crippen molar-refractivity contribution in [3.63, 3.8) is 0 Å². The van der Waals surface area contributed by atoms with E-state index in [-0.39, 0.29) is 36.6 Å². The summed E-state index contributed by atoms with van der Waals surface area (Å²) in [5.41, 5.74) is 3.59. The van der Waals surface area contributed by atoms with Crippen LogP contribution >= 0.6 is 0 Å². The van der Waals surface area contributed by atoms with Crippen molar-refractivity contribution in [2.24, 2.45) is 0 Å². The Kier molecular flexibility index (Phi) is 9.18. The number of carbonyl (C=O) groups is 2. The quantitative estimate of drug-likeness (QED) is 0.264. The Morgan fingerprint density at radius 1 is 1.18 bits per heavy atom. The largest absolute Gasteiger partial charge is 0.475 e. The molecule has 10 heteroatoms. The molecule has 0 aromatic heterocycles. The number of nitrogens with one attached hydrogen (secondary N) is 1. The number of carbonyl (C=O) groups excluding carboxylic acids is 2. The third-order valence-electron chi connectivity index (χ3n) is 6.95. The van der Waals surface area contributed by atoms with E-state index in [2.05, 4.69) is 11.4 Å². The van der Waals surface area contributed by atoms with Crippen LogP contribution in [0, 0.1) is 18.3 Å². The Labute approximate surface area is 222 Å². The minimum atomic E-state index is -1.74. The molecule has 38 heavy (non-hydrogen) atoms. The van der Waals surface area contributed by atoms with Crippen molar-refractivity contribution >= 4 is 25.2 Å². The number of nitrogens with zero attached hydrogens (tertiary/aromatic N) is 2. The van der Waals surface area contributed by atoms with Crippen molar-refractivity contribution in [2.45, 2.75) is 50.6 Å². The fourth-order valence-corrected chi connectivity index (χ4v) is 4.91. The molecule has 0 radical (unpaired) electrons. The Morgan fingerprint density at radius 3 is 2.55 bits per heavy atom. The van der Waals surface area contributed by atoms with Gasteiger partial charge in [0.1, 0.15) is 11.6 Å². The van der Waals surface area contributed by atoms with Crippen LogP contribution in [0.3, 0.4) is 0 Å². The van der Waals surface area contributed by atoms with Gasteiger partial charge in [-0.2, -0.15) is 5.26 Å². The van der Waals surface area contributed by atoms with Crippen molar-refractivity contribution < 1.29 is 29.1 Å². The van der Waals surface area contributed by atoms with E-state index in [1.807, 2.05) is 55.5 Å². The van der Waals surface area contributed by atoms with E-state index in [0.717, 1.165) is 29.5 Å². The van der Waals surface area contributed by atoms with Gasteiger partial charge in [-0.05, 0) is 49.0 Å². The van der Waals surface area contributed by atoms with Crippen LogP contribution in [0.25, 0.3) is 6.08 Å².